The predicted molar refractivity (Wildman–Crippen MR) is 104 cm³/mol. The number of aryl methyl sites for hydroxylation is 2. The van der Waals surface area contributed by atoms with Gasteiger partial charge in [-0.05, 0) is 55.7 Å². The SMILES string of the molecule is CCCCNC(=O)c1ccccc1NC(=O)COc1cc(C)cc(C)c1. The molecule has 0 saturated carbocycles. The molecule has 5 nitrogen and oxygen atoms in total. The molecule has 0 spiro atoms. The number of carbonyl (C=O) groups is 2. The lowest BCUT2D eigenvalue weighted by Crippen LogP contribution is -2.27. The van der Waals surface area contributed by atoms with Crippen LogP contribution in [0.25, 0.3) is 0 Å². The van der Waals surface area contributed by atoms with Gasteiger partial charge in [0.1, 0.15) is 5.75 Å². The van der Waals surface area contributed by atoms with E-state index in [1.807, 2.05) is 32.0 Å². The van der Waals surface area contributed by atoms with Crippen molar-refractivity contribution in [3.63, 3.8) is 0 Å². The average Bonchev–Trinajstić information content (AvgIpc) is 2.60. The molecule has 0 atom stereocenters. The van der Waals surface area contributed by atoms with Crippen molar-refractivity contribution in [1.82, 2.24) is 5.32 Å². The van der Waals surface area contributed by atoms with Crippen LogP contribution in [0.4, 0.5) is 5.69 Å². The minimum Gasteiger partial charge on any atom is -0.484 e. The minimum absolute atomic E-state index is 0.116. The number of carbonyl (C=O) groups excluding carboxylic acids is 2. The summed E-state index contributed by atoms with van der Waals surface area (Å²) in [6.07, 6.45) is 1.93. The van der Waals surface area contributed by atoms with Crippen LogP contribution >= 0.6 is 0 Å². The van der Waals surface area contributed by atoms with Crippen LogP contribution in [0, 0.1) is 13.8 Å². The first kappa shape index (κ1) is 19.5. The van der Waals surface area contributed by atoms with Gasteiger partial charge < -0.3 is 15.4 Å². The molecule has 0 aliphatic carbocycles. The third kappa shape index (κ3) is 5.92. The number of rotatable bonds is 8. The Morgan fingerprint density at radius 3 is 2.42 bits per heavy atom. The predicted octanol–water partition coefficient (Wildman–Crippen LogP) is 3.85. The zero-order chi connectivity index (χ0) is 18.9. The highest BCUT2D eigenvalue weighted by atomic mass is 16.5. The van der Waals surface area contributed by atoms with Crippen LogP contribution in [-0.2, 0) is 4.79 Å². The lowest BCUT2D eigenvalue weighted by atomic mass is 10.1. The van der Waals surface area contributed by atoms with E-state index in [9.17, 15) is 9.59 Å². The Balaban J connectivity index is 1.97. The molecule has 0 aromatic heterocycles. The average molecular weight is 354 g/mol. The fraction of sp³-hybridized carbons (Fsp3) is 0.333. The van der Waals surface area contributed by atoms with Gasteiger partial charge in [-0.2, -0.15) is 0 Å². The molecule has 0 unspecified atom stereocenters. The van der Waals surface area contributed by atoms with E-state index in [0.29, 0.717) is 23.5 Å². The molecule has 26 heavy (non-hydrogen) atoms. The first-order chi connectivity index (χ1) is 12.5. The molecular weight excluding hydrogens is 328 g/mol. The van der Waals surface area contributed by atoms with Gasteiger partial charge in [-0.15, -0.1) is 0 Å². The van der Waals surface area contributed by atoms with Crippen LogP contribution < -0.4 is 15.4 Å². The van der Waals surface area contributed by atoms with Gasteiger partial charge in [-0.1, -0.05) is 31.5 Å². The summed E-state index contributed by atoms with van der Waals surface area (Å²) in [6, 6.07) is 12.8. The van der Waals surface area contributed by atoms with Gasteiger partial charge in [0.15, 0.2) is 6.61 Å². The van der Waals surface area contributed by atoms with Crippen molar-refractivity contribution in [3.05, 3.63) is 59.2 Å². The molecular formula is C21H26N2O3. The number of para-hydroxylation sites is 1. The first-order valence-corrected chi connectivity index (χ1v) is 8.87. The van der Waals surface area contributed by atoms with Crippen LogP contribution in [0.5, 0.6) is 5.75 Å². The molecule has 0 aliphatic rings. The Hall–Kier alpha value is -2.82. The summed E-state index contributed by atoms with van der Waals surface area (Å²) in [7, 11) is 0. The lowest BCUT2D eigenvalue weighted by molar-refractivity contribution is -0.118. The van der Waals surface area contributed by atoms with Gasteiger partial charge in [0, 0.05) is 6.54 Å². The molecule has 0 aliphatic heterocycles. The lowest BCUT2D eigenvalue weighted by Gasteiger charge is -2.12. The second kappa shape index (κ2) is 9.61. The smallest absolute Gasteiger partial charge is 0.262 e. The summed E-state index contributed by atoms with van der Waals surface area (Å²) in [4.78, 5) is 24.5. The number of amides is 2. The number of hydrogen-bond acceptors (Lipinski definition) is 3. The van der Waals surface area contributed by atoms with Crippen LogP contribution in [0.15, 0.2) is 42.5 Å². The fourth-order valence-corrected chi connectivity index (χ4v) is 2.62. The Kier molecular flexibility index (Phi) is 7.21. The zero-order valence-corrected chi connectivity index (χ0v) is 15.6. The second-order valence-electron chi connectivity index (χ2n) is 6.32. The number of unbranched alkanes of at least 4 members (excludes halogenated alkanes) is 1. The summed E-state index contributed by atoms with van der Waals surface area (Å²) in [6.45, 7) is 6.53. The first-order valence-electron chi connectivity index (χ1n) is 8.87. The van der Waals surface area contributed by atoms with Crippen LogP contribution in [0.1, 0.15) is 41.3 Å². The van der Waals surface area contributed by atoms with Gasteiger partial charge in [0.2, 0.25) is 0 Å². The molecule has 2 N–H and O–H groups in total. The van der Waals surface area contributed by atoms with Gasteiger partial charge in [-0.3, -0.25) is 9.59 Å². The third-order valence-corrected chi connectivity index (χ3v) is 3.83. The van der Waals surface area contributed by atoms with Crippen molar-refractivity contribution in [2.75, 3.05) is 18.5 Å². The standard InChI is InChI=1S/C21H26N2O3/c1-4-5-10-22-21(25)18-8-6-7-9-19(18)23-20(24)14-26-17-12-15(2)11-16(3)13-17/h6-9,11-13H,4-5,10,14H2,1-3H3,(H,22,25)(H,23,24). The molecule has 0 heterocycles. The number of benzene rings is 2. The fourth-order valence-electron chi connectivity index (χ4n) is 2.62. The van der Waals surface area contributed by atoms with E-state index in [1.54, 1.807) is 24.3 Å². The number of hydrogen-bond donors (Lipinski definition) is 2. The van der Waals surface area contributed by atoms with Crippen LogP contribution in [0.3, 0.4) is 0 Å². The Morgan fingerprint density at radius 1 is 1.04 bits per heavy atom. The Labute approximate surface area is 154 Å². The van der Waals surface area contributed by atoms with Crippen molar-refractivity contribution in [3.8, 4) is 5.75 Å². The molecule has 2 aromatic rings. The number of nitrogens with one attached hydrogen (secondary N) is 2. The summed E-state index contributed by atoms with van der Waals surface area (Å²) < 4.78 is 5.57. The zero-order valence-electron chi connectivity index (χ0n) is 15.6. The highest BCUT2D eigenvalue weighted by Gasteiger charge is 2.13. The van der Waals surface area contributed by atoms with Crippen molar-refractivity contribution < 1.29 is 14.3 Å². The van der Waals surface area contributed by atoms with Crippen molar-refractivity contribution in [2.24, 2.45) is 0 Å². The van der Waals surface area contributed by atoms with Crippen molar-refractivity contribution >= 4 is 17.5 Å². The van der Waals surface area contributed by atoms with Crippen molar-refractivity contribution in [1.29, 1.82) is 0 Å². The highest BCUT2D eigenvalue weighted by molar-refractivity contribution is 6.04. The Morgan fingerprint density at radius 2 is 1.73 bits per heavy atom. The van der Waals surface area contributed by atoms with E-state index < -0.39 is 0 Å². The van der Waals surface area contributed by atoms with Gasteiger partial charge in [0.05, 0.1) is 11.3 Å². The molecule has 0 fully saturated rings. The molecule has 2 aromatic carbocycles. The molecule has 0 saturated heterocycles. The monoisotopic (exact) mass is 354 g/mol. The van der Waals surface area contributed by atoms with E-state index in [-0.39, 0.29) is 18.4 Å². The minimum atomic E-state index is -0.307. The third-order valence-electron chi connectivity index (χ3n) is 3.83. The van der Waals surface area contributed by atoms with Crippen LogP contribution in [-0.4, -0.2) is 25.0 Å². The molecule has 2 amide bonds. The van der Waals surface area contributed by atoms with E-state index in [1.165, 1.54) is 0 Å². The molecule has 5 heteroatoms. The number of anilines is 1. The Bertz CT molecular complexity index is 751. The largest absolute Gasteiger partial charge is 0.484 e. The van der Waals surface area contributed by atoms with Crippen molar-refractivity contribution in [2.45, 2.75) is 33.6 Å². The quantitative estimate of drug-likeness (QED) is 0.708. The van der Waals surface area contributed by atoms with Gasteiger partial charge >= 0.3 is 0 Å². The van der Waals surface area contributed by atoms with E-state index in [2.05, 4.69) is 17.6 Å². The highest BCUT2D eigenvalue weighted by Crippen LogP contribution is 2.17. The van der Waals surface area contributed by atoms with E-state index >= 15 is 0 Å². The summed E-state index contributed by atoms with van der Waals surface area (Å²) in [5.74, 6) is 0.158. The number of ether oxygens (including phenoxy) is 1. The summed E-state index contributed by atoms with van der Waals surface area (Å²) in [5.41, 5.74) is 3.09. The molecule has 0 bridgehead atoms. The second-order valence-corrected chi connectivity index (χ2v) is 6.32. The van der Waals surface area contributed by atoms with Gasteiger partial charge in [-0.25, -0.2) is 0 Å². The molecule has 0 radical (unpaired) electrons. The van der Waals surface area contributed by atoms with E-state index in [4.69, 9.17) is 4.74 Å². The molecule has 138 valence electrons. The summed E-state index contributed by atoms with van der Waals surface area (Å²) in [5, 5.41) is 5.62. The normalized spacial score (nSPS) is 10.3. The summed E-state index contributed by atoms with van der Waals surface area (Å²) >= 11 is 0. The maximum atomic E-state index is 12.3. The van der Waals surface area contributed by atoms with Gasteiger partial charge in [0.25, 0.3) is 11.8 Å². The maximum Gasteiger partial charge on any atom is 0.262 e. The topological polar surface area (TPSA) is 67.4 Å². The van der Waals surface area contributed by atoms with Crippen LogP contribution in [0.2, 0.25) is 0 Å². The molecule has 2 rings (SSSR count). The van der Waals surface area contributed by atoms with E-state index in [0.717, 1.165) is 24.0 Å². The maximum absolute atomic E-state index is 12.3.